The van der Waals surface area contributed by atoms with Crippen molar-refractivity contribution < 1.29 is 38.8 Å². The zero-order chi connectivity index (χ0) is 34.8. The van der Waals surface area contributed by atoms with E-state index in [1.807, 2.05) is 19.1 Å². The van der Waals surface area contributed by atoms with Gasteiger partial charge in [0, 0.05) is 57.8 Å². The number of rotatable bonds is 20. The van der Waals surface area contributed by atoms with Crippen molar-refractivity contribution in [3.8, 4) is 11.5 Å². The molecule has 1 amide bonds. The maximum atomic E-state index is 13.5. The normalized spacial score (nSPS) is 27.7. The summed E-state index contributed by atoms with van der Waals surface area (Å²) in [6, 6.07) is 5.39. The van der Waals surface area contributed by atoms with Gasteiger partial charge in [0.15, 0.2) is 0 Å². The molecule has 0 aromatic heterocycles. The van der Waals surface area contributed by atoms with Crippen LogP contribution >= 0.6 is 11.6 Å². The Morgan fingerprint density at radius 2 is 1.96 bits per heavy atom. The maximum absolute atomic E-state index is 13.5. The van der Waals surface area contributed by atoms with Crippen molar-refractivity contribution in [3.63, 3.8) is 0 Å². The number of likely N-dealkylation sites (N-methyl/N-ethyl adjacent to an activating group) is 1. The van der Waals surface area contributed by atoms with Gasteiger partial charge in [-0.3, -0.25) is 4.90 Å². The molecule has 11 nitrogen and oxygen atoms in total. The van der Waals surface area contributed by atoms with Crippen molar-refractivity contribution >= 4 is 23.4 Å². The summed E-state index contributed by atoms with van der Waals surface area (Å²) in [6.45, 7) is 10.5. The van der Waals surface area contributed by atoms with Crippen LogP contribution in [-0.2, 0) is 14.3 Å². The maximum Gasteiger partial charge on any atom is 0.410 e. The van der Waals surface area contributed by atoms with Gasteiger partial charge in [0.2, 0.25) is 5.79 Å². The molecule has 2 aliphatic carbocycles. The minimum Gasteiger partial charge on any atom is -0.492 e. The number of aliphatic hydroxyl groups excluding tert-OH is 2. The van der Waals surface area contributed by atoms with E-state index < -0.39 is 17.9 Å². The highest BCUT2D eigenvalue weighted by Crippen LogP contribution is 2.61. The Labute approximate surface area is 295 Å². The Bertz CT molecular complexity index is 1320. The number of nitrogens with zero attached hydrogens (tertiary/aromatic N) is 3. The van der Waals surface area contributed by atoms with Crippen molar-refractivity contribution in [2.75, 3.05) is 72.2 Å². The van der Waals surface area contributed by atoms with E-state index in [4.69, 9.17) is 35.4 Å². The van der Waals surface area contributed by atoms with Crippen LogP contribution in [0.3, 0.4) is 0 Å². The lowest BCUT2D eigenvalue weighted by Crippen LogP contribution is -2.69. The van der Waals surface area contributed by atoms with Crippen LogP contribution in [0.2, 0.25) is 0 Å². The number of hydrogen-bond acceptors (Lipinski definition) is 10. The molecule has 0 radical (unpaired) electrons. The summed E-state index contributed by atoms with van der Waals surface area (Å²) in [5.41, 5.74) is 2.77. The van der Waals surface area contributed by atoms with Gasteiger partial charge in [-0.15, -0.1) is 18.2 Å². The molecule has 2 fully saturated rings. The molecule has 272 valence electrons. The number of hydrogen-bond donors (Lipinski definition) is 2. The number of aliphatic hydroxyl groups is 2. The molecule has 1 aromatic rings. The Kier molecular flexibility index (Phi) is 13.7. The topological polar surface area (TPSA) is 122 Å². The molecule has 1 saturated heterocycles. The highest BCUT2D eigenvalue weighted by atomic mass is 35.5. The second-order valence-electron chi connectivity index (χ2n) is 13.3. The first-order valence-electron chi connectivity index (χ1n) is 17.9. The number of carbonyl (C=O) groups excluding carboxylic acids is 1. The third-order valence-corrected chi connectivity index (χ3v) is 10.4. The average molecular weight is 704 g/mol. The molecule has 6 atom stereocenters. The van der Waals surface area contributed by atoms with E-state index in [-0.39, 0.29) is 56.0 Å². The van der Waals surface area contributed by atoms with Crippen LogP contribution in [0.5, 0.6) is 11.5 Å². The third kappa shape index (κ3) is 8.56. The van der Waals surface area contributed by atoms with Crippen molar-refractivity contribution in [2.45, 2.75) is 69.6 Å². The fraction of sp³-hybridized carbons (Fsp3) is 0.676. The minimum atomic E-state index is -1.31. The second-order valence-corrected chi connectivity index (χ2v) is 13.7. The highest BCUT2D eigenvalue weighted by Gasteiger charge is 2.65. The number of halogens is 1. The summed E-state index contributed by atoms with van der Waals surface area (Å²) in [7, 11) is 1.70. The number of alkyl halides is 1. The molecule has 2 heterocycles. The van der Waals surface area contributed by atoms with E-state index in [1.54, 1.807) is 18.0 Å². The number of unbranched alkanes of at least 4 members (excludes halogenated alkanes) is 2. The van der Waals surface area contributed by atoms with Crippen molar-refractivity contribution in [2.24, 2.45) is 22.9 Å². The zero-order valence-corrected chi connectivity index (χ0v) is 29.8. The van der Waals surface area contributed by atoms with Crippen molar-refractivity contribution in [1.82, 2.24) is 9.80 Å². The molecule has 1 aromatic carbocycles. The Morgan fingerprint density at radius 3 is 2.65 bits per heavy atom. The van der Waals surface area contributed by atoms with Gasteiger partial charge < -0.3 is 38.9 Å². The lowest BCUT2D eigenvalue weighted by atomic mass is 9.55. The monoisotopic (exact) mass is 703 g/mol. The molecule has 2 aliphatic heterocycles. The van der Waals surface area contributed by atoms with Gasteiger partial charge in [-0.05, 0) is 68.2 Å². The largest absolute Gasteiger partial charge is 0.492 e. The number of benzene rings is 1. The Balaban J connectivity index is 1.69. The first-order chi connectivity index (χ1) is 23.9. The third-order valence-electron chi connectivity index (χ3n) is 10.2. The lowest BCUT2D eigenvalue weighted by Gasteiger charge is -2.59. The Morgan fingerprint density at radius 1 is 1.18 bits per heavy atom. The van der Waals surface area contributed by atoms with Gasteiger partial charge in [-0.2, -0.15) is 0 Å². The predicted octanol–water partition coefficient (Wildman–Crippen LogP) is 5.34. The molecule has 2 N–H and O–H groups in total. The van der Waals surface area contributed by atoms with Crippen LogP contribution < -0.4 is 9.47 Å². The molecule has 0 spiro atoms. The molecule has 6 unspecified atom stereocenters. The van der Waals surface area contributed by atoms with Crippen LogP contribution in [0.15, 0.2) is 47.7 Å². The van der Waals surface area contributed by atoms with E-state index in [9.17, 15) is 15.0 Å². The number of ether oxygens (including phenoxy) is 4. The van der Waals surface area contributed by atoms with Gasteiger partial charge in [-0.1, -0.05) is 30.1 Å². The molecule has 4 aliphatic rings. The van der Waals surface area contributed by atoms with Gasteiger partial charge in [-0.25, -0.2) is 4.79 Å². The van der Waals surface area contributed by atoms with Crippen molar-refractivity contribution in [3.05, 3.63) is 48.1 Å². The average Bonchev–Trinajstić information content (AvgIpc) is 3.94. The number of allylic oxidation sites excluding steroid dienone is 1. The number of carbonyl (C=O) groups is 1. The van der Waals surface area contributed by atoms with E-state index in [1.165, 1.54) is 0 Å². The van der Waals surface area contributed by atoms with Crippen LogP contribution in [0, 0.1) is 17.8 Å². The fourth-order valence-corrected chi connectivity index (χ4v) is 7.98. The second kappa shape index (κ2) is 17.9. The summed E-state index contributed by atoms with van der Waals surface area (Å²) in [5.74, 6) is 0.146. The van der Waals surface area contributed by atoms with Gasteiger partial charge in [0.1, 0.15) is 37.4 Å². The molecule has 0 bridgehead atoms. The summed E-state index contributed by atoms with van der Waals surface area (Å²) in [4.78, 5) is 23.1. The minimum absolute atomic E-state index is 0.0712. The number of fused-ring (bicyclic) bond motifs is 2. The first kappa shape index (κ1) is 37.4. The molecular formula is C37H54ClN3O8. The van der Waals surface area contributed by atoms with Crippen molar-refractivity contribution in [1.29, 1.82) is 0 Å². The standard InChI is InChI=1S/C37H54ClN3O8/c1-4-20-47-37-33(40(3)36(44)46-21-14-38)25-31(39-48-5-2)29-23-26(10-6-8-18-42)28(11-7-9-19-43)34(35(29)37)30-24-27(12-13-32(30)49-37)45-22-17-41-15-16-41/h4,12-13,23-24,26,28,33-35,42-43H,1,5-11,14-22,25H2,2-3H3. The highest BCUT2D eigenvalue weighted by molar-refractivity contribution is 6.18. The van der Waals surface area contributed by atoms with Gasteiger partial charge in [0.05, 0.1) is 24.1 Å². The molecule has 5 rings (SSSR count). The summed E-state index contributed by atoms with van der Waals surface area (Å²) in [6.07, 6.45) is 8.68. The first-order valence-corrected chi connectivity index (χ1v) is 18.5. The molecule has 1 saturated carbocycles. The smallest absolute Gasteiger partial charge is 0.410 e. The van der Waals surface area contributed by atoms with Crippen LogP contribution in [0.4, 0.5) is 4.79 Å². The lowest BCUT2D eigenvalue weighted by molar-refractivity contribution is -0.253. The van der Waals surface area contributed by atoms with Crippen LogP contribution in [-0.4, -0.2) is 116 Å². The zero-order valence-electron chi connectivity index (χ0n) is 29.1. The van der Waals surface area contributed by atoms with E-state index in [2.05, 4.69) is 28.8 Å². The van der Waals surface area contributed by atoms with Crippen LogP contribution in [0.1, 0.15) is 63.4 Å². The van der Waals surface area contributed by atoms with Gasteiger partial charge >= 0.3 is 6.09 Å². The SMILES string of the molecule is C=CCOC12Oc3ccc(OCCN4CC4)cc3C3C(CCCCO)C(CCCCO)C=C(C(=NOCC)CC1N(C)C(=O)OCCCl)C32. The molecule has 49 heavy (non-hydrogen) atoms. The van der Waals surface area contributed by atoms with E-state index >= 15 is 0 Å². The van der Waals surface area contributed by atoms with E-state index in [0.29, 0.717) is 31.8 Å². The molecular weight excluding hydrogens is 650 g/mol. The Hall–Kier alpha value is -2.83. The summed E-state index contributed by atoms with van der Waals surface area (Å²) in [5, 5.41) is 24.1. The molecule has 12 heteroatoms. The van der Waals surface area contributed by atoms with Crippen LogP contribution in [0.25, 0.3) is 0 Å². The summed E-state index contributed by atoms with van der Waals surface area (Å²) < 4.78 is 25.7. The van der Waals surface area contributed by atoms with Gasteiger partial charge in [0.25, 0.3) is 0 Å². The fourth-order valence-electron chi connectivity index (χ4n) is 7.90. The number of oxime groups is 1. The predicted molar refractivity (Wildman–Crippen MR) is 188 cm³/mol. The van der Waals surface area contributed by atoms with E-state index in [0.717, 1.165) is 74.3 Å². The summed E-state index contributed by atoms with van der Waals surface area (Å²) >= 11 is 5.89. The number of amides is 1. The quantitative estimate of drug-likeness (QED) is 0.0609.